The molecule has 5 atom stereocenters. The maximum absolute atomic E-state index is 12.6. The van der Waals surface area contributed by atoms with E-state index in [4.69, 9.17) is 4.74 Å². The zero-order valence-electron chi connectivity index (χ0n) is 13.4. The number of ether oxygens (including phenoxy) is 1. The van der Waals surface area contributed by atoms with Gasteiger partial charge in [-0.25, -0.2) is 4.79 Å². The first-order valence-corrected chi connectivity index (χ1v) is 9.21. The first kappa shape index (κ1) is 13.9. The van der Waals surface area contributed by atoms with Crippen LogP contribution in [0.3, 0.4) is 0 Å². The summed E-state index contributed by atoms with van der Waals surface area (Å²) in [6.07, 6.45) is 11.2. The lowest BCUT2D eigenvalue weighted by molar-refractivity contribution is -0.0726. The second-order valence-electron chi connectivity index (χ2n) is 7.90. The van der Waals surface area contributed by atoms with Crippen LogP contribution in [-0.2, 0) is 4.74 Å². The highest BCUT2D eigenvalue weighted by Gasteiger charge is 2.62. The van der Waals surface area contributed by atoms with Crippen molar-refractivity contribution in [2.75, 3.05) is 13.1 Å². The van der Waals surface area contributed by atoms with Gasteiger partial charge in [-0.2, -0.15) is 0 Å². The number of likely N-dealkylation sites (tertiary alicyclic amines) is 1. The number of amides is 1. The highest BCUT2D eigenvalue weighted by Crippen LogP contribution is 2.64. The van der Waals surface area contributed by atoms with Gasteiger partial charge in [0.05, 0.1) is 0 Å². The molecule has 0 radical (unpaired) electrons. The molecule has 1 heterocycles. The van der Waals surface area contributed by atoms with E-state index < -0.39 is 0 Å². The molecule has 3 heteroatoms. The molecule has 0 spiro atoms. The number of hydrogen-bond donors (Lipinski definition) is 0. The zero-order chi connectivity index (χ0) is 14.4. The molecule has 2 bridgehead atoms. The van der Waals surface area contributed by atoms with E-state index in [9.17, 15) is 4.79 Å². The predicted octanol–water partition coefficient (Wildman–Crippen LogP) is 4.21. The van der Waals surface area contributed by atoms with Crippen molar-refractivity contribution in [1.82, 2.24) is 4.90 Å². The molecule has 4 aliphatic rings. The lowest BCUT2D eigenvalue weighted by atomic mass is 9.71. The van der Waals surface area contributed by atoms with E-state index in [2.05, 4.69) is 6.92 Å². The number of rotatable bonds is 2. The van der Waals surface area contributed by atoms with Crippen molar-refractivity contribution < 1.29 is 9.53 Å². The molecule has 1 saturated heterocycles. The lowest BCUT2D eigenvalue weighted by Gasteiger charge is -2.43. The average molecular weight is 291 g/mol. The van der Waals surface area contributed by atoms with Gasteiger partial charge in [0.2, 0.25) is 0 Å². The van der Waals surface area contributed by atoms with Gasteiger partial charge in [0, 0.05) is 19.0 Å². The standard InChI is InChI=1S/C18H29NO2/c1-2-18(21-17(20)19-9-4-3-5-10-19)12-13-11-16(18)15-8-6-7-14(13)15/h13-16H,2-12H2,1H3. The number of carbonyl (C=O) groups is 1. The molecule has 4 rings (SSSR count). The first-order chi connectivity index (χ1) is 10.2. The van der Waals surface area contributed by atoms with E-state index in [-0.39, 0.29) is 11.7 Å². The fourth-order valence-electron chi connectivity index (χ4n) is 6.12. The zero-order valence-corrected chi connectivity index (χ0v) is 13.4. The average Bonchev–Trinajstić information content (AvgIpc) is 3.19. The summed E-state index contributed by atoms with van der Waals surface area (Å²) in [7, 11) is 0. The summed E-state index contributed by atoms with van der Waals surface area (Å²) in [5, 5.41) is 0. The van der Waals surface area contributed by atoms with Crippen LogP contribution in [0.15, 0.2) is 0 Å². The van der Waals surface area contributed by atoms with Gasteiger partial charge in [-0.1, -0.05) is 13.3 Å². The highest BCUT2D eigenvalue weighted by atomic mass is 16.6. The fourth-order valence-corrected chi connectivity index (χ4v) is 6.12. The molecule has 3 nitrogen and oxygen atoms in total. The Hall–Kier alpha value is -0.730. The monoisotopic (exact) mass is 291 g/mol. The second-order valence-corrected chi connectivity index (χ2v) is 7.90. The van der Waals surface area contributed by atoms with Crippen LogP contribution in [-0.4, -0.2) is 29.7 Å². The minimum Gasteiger partial charge on any atom is -0.442 e. The summed E-state index contributed by atoms with van der Waals surface area (Å²) in [6, 6.07) is 0. The van der Waals surface area contributed by atoms with Crippen molar-refractivity contribution in [3.05, 3.63) is 0 Å². The molecule has 0 aromatic heterocycles. The fraction of sp³-hybridized carbons (Fsp3) is 0.944. The van der Waals surface area contributed by atoms with Crippen molar-refractivity contribution >= 4 is 6.09 Å². The Balaban J connectivity index is 1.48. The second kappa shape index (κ2) is 5.17. The van der Waals surface area contributed by atoms with Gasteiger partial charge in [0.15, 0.2) is 0 Å². The summed E-state index contributed by atoms with van der Waals surface area (Å²) in [6.45, 7) is 4.03. The third-order valence-corrected chi connectivity index (χ3v) is 7.09. The summed E-state index contributed by atoms with van der Waals surface area (Å²) < 4.78 is 6.22. The van der Waals surface area contributed by atoms with Crippen molar-refractivity contribution in [3.8, 4) is 0 Å². The van der Waals surface area contributed by atoms with Crippen LogP contribution in [0.4, 0.5) is 4.79 Å². The van der Waals surface area contributed by atoms with Crippen molar-refractivity contribution in [2.24, 2.45) is 23.7 Å². The molecule has 118 valence electrons. The largest absolute Gasteiger partial charge is 0.442 e. The quantitative estimate of drug-likeness (QED) is 0.762. The lowest BCUT2D eigenvalue weighted by Crippen LogP contribution is -2.48. The number of piperidine rings is 1. The Morgan fingerprint density at radius 3 is 2.67 bits per heavy atom. The van der Waals surface area contributed by atoms with Crippen LogP contribution in [0.5, 0.6) is 0 Å². The molecule has 0 aromatic rings. The molecular formula is C18H29NO2. The molecule has 1 aliphatic heterocycles. The van der Waals surface area contributed by atoms with Crippen LogP contribution in [0.25, 0.3) is 0 Å². The molecule has 21 heavy (non-hydrogen) atoms. The van der Waals surface area contributed by atoms with Gasteiger partial charge in [-0.3, -0.25) is 0 Å². The topological polar surface area (TPSA) is 29.5 Å². The number of hydrogen-bond acceptors (Lipinski definition) is 2. The van der Waals surface area contributed by atoms with Gasteiger partial charge in [0.25, 0.3) is 0 Å². The summed E-state index contributed by atoms with van der Waals surface area (Å²) >= 11 is 0. The molecule has 1 amide bonds. The number of nitrogens with zero attached hydrogens (tertiary/aromatic N) is 1. The van der Waals surface area contributed by atoms with Gasteiger partial charge in [-0.15, -0.1) is 0 Å². The minimum atomic E-state index is -0.120. The summed E-state index contributed by atoms with van der Waals surface area (Å²) in [5.74, 6) is 3.33. The van der Waals surface area contributed by atoms with Crippen molar-refractivity contribution in [1.29, 1.82) is 0 Å². The summed E-state index contributed by atoms with van der Waals surface area (Å²) in [5.41, 5.74) is -0.120. The van der Waals surface area contributed by atoms with Crippen LogP contribution in [0, 0.1) is 23.7 Å². The maximum atomic E-state index is 12.6. The normalized spacial score (nSPS) is 44.9. The van der Waals surface area contributed by atoms with Crippen LogP contribution in [0.1, 0.15) is 64.7 Å². The van der Waals surface area contributed by atoms with E-state index in [1.165, 1.54) is 32.1 Å². The Morgan fingerprint density at radius 2 is 1.90 bits per heavy atom. The Morgan fingerprint density at radius 1 is 1.14 bits per heavy atom. The van der Waals surface area contributed by atoms with Crippen LogP contribution >= 0.6 is 0 Å². The molecule has 3 aliphatic carbocycles. The molecule has 5 unspecified atom stereocenters. The first-order valence-electron chi connectivity index (χ1n) is 9.21. The third-order valence-electron chi connectivity index (χ3n) is 7.09. The van der Waals surface area contributed by atoms with Gasteiger partial charge in [0.1, 0.15) is 5.60 Å². The van der Waals surface area contributed by atoms with Gasteiger partial charge >= 0.3 is 6.09 Å². The molecule has 0 aromatic carbocycles. The SMILES string of the molecule is CCC1(OC(=O)N2CCCCC2)CC2CC1C1CCCC21. The maximum Gasteiger partial charge on any atom is 0.410 e. The Kier molecular flexibility index (Phi) is 3.42. The molecule has 3 saturated carbocycles. The van der Waals surface area contributed by atoms with E-state index in [1.54, 1.807) is 0 Å². The van der Waals surface area contributed by atoms with Crippen LogP contribution in [0.2, 0.25) is 0 Å². The van der Waals surface area contributed by atoms with Crippen molar-refractivity contribution in [3.63, 3.8) is 0 Å². The van der Waals surface area contributed by atoms with Crippen LogP contribution < -0.4 is 0 Å². The third kappa shape index (κ3) is 2.10. The Labute approximate surface area is 128 Å². The number of carbonyl (C=O) groups excluding carboxylic acids is 1. The molecular weight excluding hydrogens is 262 g/mol. The van der Waals surface area contributed by atoms with E-state index in [0.29, 0.717) is 5.92 Å². The van der Waals surface area contributed by atoms with E-state index in [1.807, 2.05) is 4.90 Å². The smallest absolute Gasteiger partial charge is 0.410 e. The molecule has 0 N–H and O–H groups in total. The summed E-state index contributed by atoms with van der Waals surface area (Å²) in [4.78, 5) is 14.5. The van der Waals surface area contributed by atoms with E-state index >= 15 is 0 Å². The minimum absolute atomic E-state index is 0.0151. The van der Waals surface area contributed by atoms with Gasteiger partial charge < -0.3 is 9.64 Å². The van der Waals surface area contributed by atoms with Gasteiger partial charge in [-0.05, 0) is 69.1 Å². The van der Waals surface area contributed by atoms with Crippen molar-refractivity contribution in [2.45, 2.75) is 70.3 Å². The number of fused-ring (bicyclic) bond motifs is 5. The Bertz CT molecular complexity index is 417. The predicted molar refractivity (Wildman–Crippen MR) is 82.0 cm³/mol. The van der Waals surface area contributed by atoms with E-state index in [0.717, 1.165) is 56.5 Å². The highest BCUT2D eigenvalue weighted by molar-refractivity contribution is 5.68. The molecule has 4 fully saturated rings.